The quantitative estimate of drug-likeness (QED) is 0.427. The Kier molecular flexibility index (Phi) is 4.72. The SMILES string of the molecule is Cc1ccc2c(c1)C(NC(=O)CCn1c3ccccc3c3nc4ccccc4nc31)CCO2. The molecule has 3 aromatic carbocycles. The van der Waals surface area contributed by atoms with Crippen molar-refractivity contribution in [2.75, 3.05) is 6.61 Å². The molecule has 0 radical (unpaired) electrons. The zero-order valence-corrected chi connectivity index (χ0v) is 18.4. The summed E-state index contributed by atoms with van der Waals surface area (Å²) in [6.45, 7) is 3.20. The minimum absolute atomic E-state index is 0.0223. The van der Waals surface area contributed by atoms with E-state index in [4.69, 9.17) is 14.7 Å². The third-order valence-electron chi connectivity index (χ3n) is 6.36. The molecule has 2 aromatic heterocycles. The van der Waals surface area contributed by atoms with Crippen LogP contribution in [0.2, 0.25) is 0 Å². The highest BCUT2D eigenvalue weighted by molar-refractivity contribution is 6.06. The Hall–Kier alpha value is -3.93. The van der Waals surface area contributed by atoms with Crippen LogP contribution in [-0.2, 0) is 11.3 Å². The smallest absolute Gasteiger partial charge is 0.222 e. The molecule has 0 spiro atoms. The zero-order valence-electron chi connectivity index (χ0n) is 18.4. The molecule has 0 saturated carbocycles. The fourth-order valence-corrected chi connectivity index (χ4v) is 4.75. The highest BCUT2D eigenvalue weighted by Gasteiger charge is 2.23. The van der Waals surface area contributed by atoms with Crippen molar-refractivity contribution in [1.29, 1.82) is 0 Å². The van der Waals surface area contributed by atoms with Gasteiger partial charge in [-0.15, -0.1) is 0 Å². The third-order valence-corrected chi connectivity index (χ3v) is 6.36. The molecule has 0 aliphatic carbocycles. The molecule has 1 amide bonds. The summed E-state index contributed by atoms with van der Waals surface area (Å²) in [6.07, 6.45) is 1.13. The Morgan fingerprint density at radius 2 is 1.85 bits per heavy atom. The van der Waals surface area contributed by atoms with Gasteiger partial charge in [-0.1, -0.05) is 48.0 Å². The molecular weight excluding hydrogens is 412 g/mol. The summed E-state index contributed by atoms with van der Waals surface area (Å²) in [6, 6.07) is 22.2. The van der Waals surface area contributed by atoms with Gasteiger partial charge in [-0.25, -0.2) is 9.97 Å². The lowest BCUT2D eigenvalue weighted by Gasteiger charge is -2.27. The van der Waals surface area contributed by atoms with Crippen LogP contribution in [0.1, 0.15) is 30.0 Å². The number of hydrogen-bond acceptors (Lipinski definition) is 4. The molecule has 3 heterocycles. The predicted octanol–water partition coefficient (Wildman–Crippen LogP) is 5.08. The number of aryl methyl sites for hydroxylation is 2. The van der Waals surface area contributed by atoms with Crippen molar-refractivity contribution in [1.82, 2.24) is 19.9 Å². The Balaban J connectivity index is 1.30. The van der Waals surface area contributed by atoms with Crippen molar-refractivity contribution in [3.05, 3.63) is 77.9 Å². The van der Waals surface area contributed by atoms with Gasteiger partial charge in [0.15, 0.2) is 5.65 Å². The van der Waals surface area contributed by atoms with Gasteiger partial charge in [-0.05, 0) is 31.2 Å². The normalized spacial score (nSPS) is 15.5. The van der Waals surface area contributed by atoms with E-state index in [2.05, 4.69) is 35.0 Å². The van der Waals surface area contributed by atoms with E-state index >= 15 is 0 Å². The maximum Gasteiger partial charge on any atom is 0.222 e. The number of benzene rings is 3. The van der Waals surface area contributed by atoms with E-state index in [0.29, 0.717) is 19.6 Å². The van der Waals surface area contributed by atoms with Crippen LogP contribution in [0.15, 0.2) is 66.7 Å². The van der Waals surface area contributed by atoms with Crippen LogP contribution in [-0.4, -0.2) is 27.0 Å². The number of para-hydroxylation sites is 3. The van der Waals surface area contributed by atoms with Crippen LogP contribution in [0, 0.1) is 6.92 Å². The number of hydrogen-bond donors (Lipinski definition) is 1. The van der Waals surface area contributed by atoms with Crippen LogP contribution >= 0.6 is 0 Å². The minimum atomic E-state index is -0.0250. The van der Waals surface area contributed by atoms with Gasteiger partial charge >= 0.3 is 0 Å². The second kappa shape index (κ2) is 7.89. The summed E-state index contributed by atoms with van der Waals surface area (Å²) in [5, 5.41) is 4.28. The molecule has 6 heteroatoms. The Morgan fingerprint density at radius 3 is 2.73 bits per heavy atom. The molecule has 6 nitrogen and oxygen atoms in total. The molecule has 0 saturated heterocycles. The van der Waals surface area contributed by atoms with Crippen LogP contribution in [0.4, 0.5) is 0 Å². The third kappa shape index (κ3) is 3.48. The number of ether oxygens (including phenoxy) is 1. The number of rotatable bonds is 4. The lowest BCUT2D eigenvalue weighted by molar-refractivity contribution is -0.122. The minimum Gasteiger partial charge on any atom is -0.493 e. The van der Waals surface area contributed by atoms with Crippen molar-refractivity contribution < 1.29 is 9.53 Å². The second-order valence-corrected chi connectivity index (χ2v) is 8.60. The largest absolute Gasteiger partial charge is 0.493 e. The van der Waals surface area contributed by atoms with E-state index in [1.165, 1.54) is 0 Å². The van der Waals surface area contributed by atoms with E-state index in [1.807, 2.05) is 48.5 Å². The molecule has 164 valence electrons. The topological polar surface area (TPSA) is 69.0 Å². The maximum absolute atomic E-state index is 13.0. The molecule has 1 unspecified atom stereocenters. The monoisotopic (exact) mass is 436 g/mol. The number of carbonyl (C=O) groups excluding carboxylic acids is 1. The lowest BCUT2D eigenvalue weighted by atomic mass is 9.98. The highest BCUT2D eigenvalue weighted by atomic mass is 16.5. The summed E-state index contributed by atoms with van der Waals surface area (Å²) in [4.78, 5) is 22.8. The second-order valence-electron chi connectivity index (χ2n) is 8.60. The molecule has 6 rings (SSSR count). The Bertz CT molecular complexity index is 1520. The van der Waals surface area contributed by atoms with Gasteiger partial charge in [-0.3, -0.25) is 4.79 Å². The molecule has 0 bridgehead atoms. The zero-order chi connectivity index (χ0) is 22.4. The van der Waals surface area contributed by atoms with Gasteiger partial charge in [0.1, 0.15) is 11.3 Å². The number of amides is 1. The first kappa shape index (κ1) is 19.7. The summed E-state index contributed by atoms with van der Waals surface area (Å²) in [7, 11) is 0. The number of nitrogens with zero attached hydrogens (tertiary/aromatic N) is 3. The molecule has 1 atom stereocenters. The van der Waals surface area contributed by atoms with Crippen molar-refractivity contribution in [3.8, 4) is 5.75 Å². The first-order valence-electron chi connectivity index (χ1n) is 11.3. The van der Waals surface area contributed by atoms with E-state index in [0.717, 1.165) is 56.4 Å². The summed E-state index contributed by atoms with van der Waals surface area (Å²) >= 11 is 0. The van der Waals surface area contributed by atoms with Gasteiger partial charge in [0, 0.05) is 30.3 Å². The van der Waals surface area contributed by atoms with Crippen LogP contribution < -0.4 is 10.1 Å². The average Bonchev–Trinajstić information content (AvgIpc) is 3.14. The number of fused-ring (bicyclic) bond motifs is 5. The van der Waals surface area contributed by atoms with Gasteiger partial charge < -0.3 is 14.6 Å². The van der Waals surface area contributed by atoms with E-state index in [1.54, 1.807) is 0 Å². The summed E-state index contributed by atoms with van der Waals surface area (Å²) in [5.74, 6) is 0.885. The molecule has 1 aliphatic heterocycles. The standard InChI is InChI=1S/C27H24N4O2/c1-17-10-11-24-19(16-17)20(13-15-33-24)28-25(32)12-14-31-23-9-5-2-6-18(23)26-27(31)30-22-8-4-3-7-21(22)29-26/h2-11,16,20H,12-15H2,1H3,(H,28,32). The van der Waals surface area contributed by atoms with E-state index < -0.39 is 0 Å². The Labute approximate surface area is 191 Å². The predicted molar refractivity (Wildman–Crippen MR) is 129 cm³/mol. The number of nitrogens with one attached hydrogen (secondary N) is 1. The van der Waals surface area contributed by atoms with E-state index in [-0.39, 0.29) is 11.9 Å². The van der Waals surface area contributed by atoms with E-state index in [9.17, 15) is 4.79 Å². The lowest BCUT2D eigenvalue weighted by Crippen LogP contribution is -2.32. The molecule has 1 aliphatic rings. The maximum atomic E-state index is 13.0. The molecule has 1 N–H and O–H groups in total. The number of carbonyl (C=O) groups is 1. The molecule has 5 aromatic rings. The molecule has 33 heavy (non-hydrogen) atoms. The van der Waals surface area contributed by atoms with Gasteiger partial charge in [0.2, 0.25) is 5.91 Å². The summed E-state index contributed by atoms with van der Waals surface area (Å²) < 4.78 is 7.89. The van der Waals surface area contributed by atoms with Crippen molar-refractivity contribution >= 4 is 39.0 Å². The fraction of sp³-hybridized carbons (Fsp3) is 0.222. The molecular formula is C27H24N4O2. The first-order chi connectivity index (χ1) is 16.2. The van der Waals surface area contributed by atoms with Gasteiger partial charge in [0.25, 0.3) is 0 Å². The number of aromatic nitrogens is 3. The van der Waals surface area contributed by atoms with Gasteiger partial charge in [-0.2, -0.15) is 0 Å². The summed E-state index contributed by atoms with van der Waals surface area (Å²) in [5.41, 5.74) is 6.68. The van der Waals surface area contributed by atoms with Crippen LogP contribution in [0.3, 0.4) is 0 Å². The fourth-order valence-electron chi connectivity index (χ4n) is 4.75. The first-order valence-corrected chi connectivity index (χ1v) is 11.3. The van der Waals surface area contributed by atoms with Crippen molar-refractivity contribution in [2.45, 2.75) is 32.4 Å². The van der Waals surface area contributed by atoms with Crippen LogP contribution in [0.25, 0.3) is 33.1 Å². The molecule has 0 fully saturated rings. The van der Waals surface area contributed by atoms with Crippen LogP contribution in [0.5, 0.6) is 5.75 Å². The average molecular weight is 437 g/mol. The van der Waals surface area contributed by atoms with Crippen molar-refractivity contribution in [3.63, 3.8) is 0 Å². The Morgan fingerprint density at radius 1 is 1.06 bits per heavy atom. The van der Waals surface area contributed by atoms with Crippen molar-refractivity contribution in [2.24, 2.45) is 0 Å². The highest BCUT2D eigenvalue weighted by Crippen LogP contribution is 2.33. The van der Waals surface area contributed by atoms with Gasteiger partial charge in [0.05, 0.1) is 29.2 Å².